The standard InChI is InChI=1S/C17H22N2O2S.ClH/c1-2-12-19(15-10-11-18-13-15)22(20,21)17-9-5-7-14-6-3-4-8-16(14)17;/h3-9,15,18H,2,10-13H2,1H3;1H. The fourth-order valence-corrected chi connectivity index (χ4v) is 5.11. The summed E-state index contributed by atoms with van der Waals surface area (Å²) in [6.45, 7) is 4.21. The van der Waals surface area contributed by atoms with E-state index >= 15 is 0 Å². The fourth-order valence-electron chi connectivity index (χ4n) is 3.15. The summed E-state index contributed by atoms with van der Waals surface area (Å²) in [5.74, 6) is 0. The van der Waals surface area contributed by atoms with E-state index in [4.69, 9.17) is 0 Å². The minimum atomic E-state index is -3.48. The molecule has 1 unspecified atom stereocenters. The number of benzene rings is 2. The van der Waals surface area contributed by atoms with Gasteiger partial charge in [-0.2, -0.15) is 4.31 Å². The maximum absolute atomic E-state index is 13.2. The molecule has 0 saturated carbocycles. The molecule has 1 fully saturated rings. The van der Waals surface area contributed by atoms with Crippen molar-refractivity contribution in [2.75, 3.05) is 19.6 Å². The number of sulfonamides is 1. The quantitative estimate of drug-likeness (QED) is 0.897. The van der Waals surface area contributed by atoms with Gasteiger partial charge in [-0.1, -0.05) is 43.3 Å². The van der Waals surface area contributed by atoms with Gasteiger partial charge in [0.25, 0.3) is 0 Å². The second kappa shape index (κ2) is 7.62. The molecule has 4 nitrogen and oxygen atoms in total. The zero-order valence-corrected chi connectivity index (χ0v) is 14.9. The largest absolute Gasteiger partial charge is 0.315 e. The summed E-state index contributed by atoms with van der Waals surface area (Å²) in [5, 5.41) is 5.03. The van der Waals surface area contributed by atoms with Crippen LogP contribution in [0.4, 0.5) is 0 Å². The van der Waals surface area contributed by atoms with Gasteiger partial charge in [-0.3, -0.25) is 0 Å². The molecule has 2 aromatic carbocycles. The zero-order chi connectivity index (χ0) is 15.6. The molecule has 0 amide bonds. The Morgan fingerprint density at radius 2 is 1.91 bits per heavy atom. The monoisotopic (exact) mass is 354 g/mol. The van der Waals surface area contributed by atoms with Gasteiger partial charge >= 0.3 is 0 Å². The molecule has 0 spiro atoms. The van der Waals surface area contributed by atoms with Crippen LogP contribution in [0.3, 0.4) is 0 Å². The van der Waals surface area contributed by atoms with E-state index in [0.717, 1.165) is 36.7 Å². The number of fused-ring (bicyclic) bond motifs is 1. The molecule has 1 aliphatic rings. The smallest absolute Gasteiger partial charge is 0.243 e. The van der Waals surface area contributed by atoms with Crippen LogP contribution in [0.1, 0.15) is 19.8 Å². The van der Waals surface area contributed by atoms with Crippen LogP contribution in [0.5, 0.6) is 0 Å². The summed E-state index contributed by atoms with van der Waals surface area (Å²) in [5.41, 5.74) is 0. The zero-order valence-electron chi connectivity index (χ0n) is 13.2. The summed E-state index contributed by atoms with van der Waals surface area (Å²) in [4.78, 5) is 0.422. The lowest BCUT2D eigenvalue weighted by Gasteiger charge is -2.27. The van der Waals surface area contributed by atoms with Crippen LogP contribution >= 0.6 is 12.4 Å². The minimum absolute atomic E-state index is 0. The minimum Gasteiger partial charge on any atom is -0.315 e. The van der Waals surface area contributed by atoms with Crippen molar-refractivity contribution in [2.24, 2.45) is 0 Å². The van der Waals surface area contributed by atoms with Crippen molar-refractivity contribution in [1.82, 2.24) is 9.62 Å². The summed E-state index contributed by atoms with van der Waals surface area (Å²) in [6.07, 6.45) is 1.70. The molecule has 1 aliphatic heterocycles. The van der Waals surface area contributed by atoms with Gasteiger partial charge in [-0.05, 0) is 30.8 Å². The van der Waals surface area contributed by atoms with E-state index in [1.807, 2.05) is 43.3 Å². The Kier molecular flexibility index (Phi) is 6.03. The first-order valence-corrected chi connectivity index (χ1v) is 9.29. The van der Waals surface area contributed by atoms with Crippen LogP contribution in [-0.2, 0) is 10.0 Å². The van der Waals surface area contributed by atoms with Crippen LogP contribution in [0.25, 0.3) is 10.8 Å². The lowest BCUT2D eigenvalue weighted by molar-refractivity contribution is 0.335. The van der Waals surface area contributed by atoms with E-state index < -0.39 is 10.0 Å². The fraction of sp³-hybridized carbons (Fsp3) is 0.412. The van der Waals surface area contributed by atoms with Gasteiger partial charge in [0, 0.05) is 24.5 Å². The predicted octanol–water partition coefficient (Wildman–Crippen LogP) is 3.02. The third kappa shape index (κ3) is 3.53. The van der Waals surface area contributed by atoms with Crippen LogP contribution in [0, 0.1) is 0 Å². The van der Waals surface area contributed by atoms with E-state index in [2.05, 4.69) is 5.32 Å². The van der Waals surface area contributed by atoms with Crippen molar-refractivity contribution in [1.29, 1.82) is 0 Å². The Hall–Kier alpha value is -1.14. The lowest BCUT2D eigenvalue weighted by atomic mass is 10.1. The van der Waals surface area contributed by atoms with Crippen molar-refractivity contribution < 1.29 is 8.42 Å². The molecule has 23 heavy (non-hydrogen) atoms. The Morgan fingerprint density at radius 1 is 1.17 bits per heavy atom. The SMILES string of the molecule is CCCN(C1CCNC1)S(=O)(=O)c1cccc2ccccc12.Cl. The van der Waals surface area contributed by atoms with Gasteiger partial charge in [0.1, 0.15) is 0 Å². The number of hydrogen-bond donors (Lipinski definition) is 1. The van der Waals surface area contributed by atoms with E-state index in [-0.39, 0.29) is 18.4 Å². The van der Waals surface area contributed by atoms with Crippen LogP contribution in [-0.4, -0.2) is 38.4 Å². The topological polar surface area (TPSA) is 49.4 Å². The van der Waals surface area contributed by atoms with Crippen molar-refractivity contribution in [2.45, 2.75) is 30.7 Å². The lowest BCUT2D eigenvalue weighted by Crippen LogP contribution is -2.42. The highest BCUT2D eigenvalue weighted by molar-refractivity contribution is 7.89. The normalized spacial score (nSPS) is 18.3. The number of nitrogens with zero attached hydrogens (tertiary/aromatic N) is 1. The van der Waals surface area contributed by atoms with Gasteiger partial charge < -0.3 is 5.32 Å². The summed E-state index contributed by atoms with van der Waals surface area (Å²) in [7, 11) is -3.48. The summed E-state index contributed by atoms with van der Waals surface area (Å²) < 4.78 is 28.1. The molecule has 0 aliphatic carbocycles. The predicted molar refractivity (Wildman–Crippen MR) is 96.7 cm³/mol. The molecule has 126 valence electrons. The highest BCUT2D eigenvalue weighted by Gasteiger charge is 2.33. The third-order valence-electron chi connectivity index (χ3n) is 4.22. The molecule has 1 N–H and O–H groups in total. The van der Waals surface area contributed by atoms with Crippen LogP contribution in [0.15, 0.2) is 47.4 Å². The first kappa shape index (κ1) is 18.2. The van der Waals surface area contributed by atoms with Gasteiger partial charge in [0.2, 0.25) is 10.0 Å². The van der Waals surface area contributed by atoms with Crippen molar-refractivity contribution in [3.8, 4) is 0 Å². The number of rotatable bonds is 5. The third-order valence-corrected chi connectivity index (χ3v) is 6.23. The molecular formula is C17H23ClN2O2S. The molecule has 1 heterocycles. The summed E-state index contributed by atoms with van der Waals surface area (Å²) >= 11 is 0. The second-order valence-corrected chi connectivity index (χ2v) is 7.60. The second-order valence-electron chi connectivity index (χ2n) is 5.74. The van der Waals surface area contributed by atoms with Crippen molar-refractivity contribution >= 4 is 33.2 Å². The van der Waals surface area contributed by atoms with E-state index in [0.29, 0.717) is 11.4 Å². The van der Waals surface area contributed by atoms with E-state index in [1.54, 1.807) is 10.4 Å². The van der Waals surface area contributed by atoms with E-state index in [9.17, 15) is 8.42 Å². The molecule has 0 aromatic heterocycles. The number of hydrogen-bond acceptors (Lipinski definition) is 3. The van der Waals surface area contributed by atoms with Crippen LogP contribution in [0.2, 0.25) is 0 Å². The molecule has 0 bridgehead atoms. The Balaban J connectivity index is 0.00000192. The first-order chi connectivity index (χ1) is 10.6. The maximum Gasteiger partial charge on any atom is 0.243 e. The van der Waals surface area contributed by atoms with Gasteiger partial charge in [-0.15, -0.1) is 12.4 Å². The summed E-state index contributed by atoms with van der Waals surface area (Å²) in [6, 6.07) is 13.2. The molecule has 3 rings (SSSR count). The highest BCUT2D eigenvalue weighted by Crippen LogP contribution is 2.28. The number of halogens is 1. The average molecular weight is 355 g/mol. The van der Waals surface area contributed by atoms with E-state index in [1.165, 1.54) is 0 Å². The molecule has 0 radical (unpaired) electrons. The number of nitrogens with one attached hydrogen (secondary N) is 1. The van der Waals surface area contributed by atoms with Gasteiger partial charge in [0.05, 0.1) is 4.90 Å². The Morgan fingerprint density at radius 3 is 2.61 bits per heavy atom. The molecule has 1 atom stereocenters. The Labute approximate surface area is 144 Å². The Bertz CT molecular complexity index is 753. The highest BCUT2D eigenvalue weighted by atomic mass is 35.5. The molecule has 2 aromatic rings. The van der Waals surface area contributed by atoms with Gasteiger partial charge in [0.15, 0.2) is 0 Å². The van der Waals surface area contributed by atoms with Gasteiger partial charge in [-0.25, -0.2) is 8.42 Å². The molecular weight excluding hydrogens is 332 g/mol. The molecule has 6 heteroatoms. The average Bonchev–Trinajstić information content (AvgIpc) is 3.05. The van der Waals surface area contributed by atoms with Crippen molar-refractivity contribution in [3.05, 3.63) is 42.5 Å². The molecule has 1 saturated heterocycles. The first-order valence-electron chi connectivity index (χ1n) is 7.85. The van der Waals surface area contributed by atoms with Crippen molar-refractivity contribution in [3.63, 3.8) is 0 Å². The van der Waals surface area contributed by atoms with Crippen LogP contribution < -0.4 is 5.32 Å². The maximum atomic E-state index is 13.2.